The molecule has 1 aliphatic carbocycles. The lowest BCUT2D eigenvalue weighted by atomic mass is 10.6. The molecular weight excluding hydrogens is 270 g/mol. The minimum absolute atomic E-state index is 0.0311. The summed E-state index contributed by atoms with van der Waals surface area (Å²) in [5.74, 6) is 6.23. The predicted octanol–water partition coefficient (Wildman–Crippen LogP) is 0.863. The standard InChI is InChI=1S/C10H17N5OS2/c1-6(2)18-10-14-13-9(15(10)11)17-5-8(16)12-7-3-4-7/h6-7H,3-5,11H2,1-2H3,(H,12,16). The zero-order chi connectivity index (χ0) is 13.1. The molecule has 1 amide bonds. The average Bonchev–Trinajstić information content (AvgIpc) is 3.04. The minimum Gasteiger partial charge on any atom is -0.353 e. The maximum Gasteiger partial charge on any atom is 0.230 e. The first kappa shape index (κ1) is 13.5. The molecule has 8 heteroatoms. The van der Waals surface area contributed by atoms with Crippen LogP contribution in [-0.2, 0) is 4.79 Å². The molecule has 0 atom stereocenters. The van der Waals surface area contributed by atoms with Crippen molar-refractivity contribution in [3.8, 4) is 0 Å². The van der Waals surface area contributed by atoms with Crippen molar-refractivity contribution in [1.82, 2.24) is 20.2 Å². The first-order chi connectivity index (χ1) is 8.56. The topological polar surface area (TPSA) is 85.8 Å². The highest BCUT2D eigenvalue weighted by Gasteiger charge is 2.23. The van der Waals surface area contributed by atoms with E-state index in [1.54, 1.807) is 11.8 Å². The van der Waals surface area contributed by atoms with Gasteiger partial charge in [-0.05, 0) is 12.8 Å². The second-order valence-corrected chi connectivity index (χ2v) is 6.92. The van der Waals surface area contributed by atoms with Gasteiger partial charge in [-0.2, -0.15) is 0 Å². The van der Waals surface area contributed by atoms with Gasteiger partial charge in [-0.3, -0.25) is 4.79 Å². The summed E-state index contributed by atoms with van der Waals surface area (Å²) >= 11 is 2.86. The van der Waals surface area contributed by atoms with Gasteiger partial charge in [0.15, 0.2) is 0 Å². The maximum absolute atomic E-state index is 11.5. The lowest BCUT2D eigenvalue weighted by molar-refractivity contribution is -0.118. The molecular formula is C10H17N5OS2. The summed E-state index contributed by atoms with van der Waals surface area (Å²) in [5, 5.41) is 12.6. The van der Waals surface area contributed by atoms with Crippen molar-refractivity contribution in [2.45, 2.75) is 48.3 Å². The third kappa shape index (κ3) is 3.81. The highest BCUT2D eigenvalue weighted by atomic mass is 32.2. The number of aromatic nitrogens is 3. The largest absolute Gasteiger partial charge is 0.353 e. The zero-order valence-electron chi connectivity index (χ0n) is 10.4. The molecule has 1 heterocycles. The van der Waals surface area contributed by atoms with Crippen LogP contribution in [0, 0.1) is 0 Å². The number of carbonyl (C=O) groups excluding carboxylic acids is 1. The number of hydrogen-bond acceptors (Lipinski definition) is 6. The van der Waals surface area contributed by atoms with Crippen LogP contribution in [0.1, 0.15) is 26.7 Å². The minimum atomic E-state index is 0.0311. The summed E-state index contributed by atoms with van der Waals surface area (Å²) in [5.41, 5.74) is 0. The number of amides is 1. The Kier molecular flexibility index (Phi) is 4.39. The Morgan fingerprint density at radius 3 is 2.78 bits per heavy atom. The SMILES string of the molecule is CC(C)Sc1nnc(SCC(=O)NC2CC2)n1N. The quantitative estimate of drug-likeness (QED) is 0.596. The third-order valence-corrected chi connectivity index (χ3v) is 4.15. The van der Waals surface area contributed by atoms with Crippen molar-refractivity contribution >= 4 is 29.4 Å². The Morgan fingerprint density at radius 2 is 2.17 bits per heavy atom. The van der Waals surface area contributed by atoms with Gasteiger partial charge in [-0.15, -0.1) is 10.2 Å². The lowest BCUT2D eigenvalue weighted by Crippen LogP contribution is -2.27. The van der Waals surface area contributed by atoms with Gasteiger partial charge in [0.05, 0.1) is 5.75 Å². The number of rotatable bonds is 6. The first-order valence-corrected chi connectivity index (χ1v) is 7.72. The molecule has 18 heavy (non-hydrogen) atoms. The fourth-order valence-corrected chi connectivity index (χ4v) is 2.72. The fourth-order valence-electron chi connectivity index (χ4n) is 1.28. The van der Waals surface area contributed by atoms with Gasteiger partial charge < -0.3 is 11.2 Å². The number of carbonyl (C=O) groups is 1. The van der Waals surface area contributed by atoms with E-state index in [0.717, 1.165) is 12.8 Å². The van der Waals surface area contributed by atoms with Crippen LogP contribution in [0.15, 0.2) is 10.3 Å². The molecule has 1 saturated carbocycles. The van der Waals surface area contributed by atoms with E-state index < -0.39 is 0 Å². The van der Waals surface area contributed by atoms with Crippen molar-refractivity contribution in [1.29, 1.82) is 0 Å². The van der Waals surface area contributed by atoms with Crippen LogP contribution in [0.25, 0.3) is 0 Å². The van der Waals surface area contributed by atoms with Gasteiger partial charge in [0.1, 0.15) is 0 Å². The Morgan fingerprint density at radius 1 is 1.50 bits per heavy atom. The van der Waals surface area contributed by atoms with E-state index >= 15 is 0 Å². The molecule has 0 unspecified atom stereocenters. The molecule has 1 aliphatic rings. The number of nitrogen functional groups attached to an aromatic ring is 1. The van der Waals surface area contributed by atoms with Crippen molar-refractivity contribution in [3.63, 3.8) is 0 Å². The molecule has 3 N–H and O–H groups in total. The molecule has 0 radical (unpaired) electrons. The number of hydrogen-bond donors (Lipinski definition) is 2. The normalized spacial score (nSPS) is 15.1. The monoisotopic (exact) mass is 287 g/mol. The second-order valence-electron chi connectivity index (χ2n) is 4.43. The van der Waals surface area contributed by atoms with Crippen molar-refractivity contribution < 1.29 is 4.79 Å². The van der Waals surface area contributed by atoms with Crippen molar-refractivity contribution in [3.05, 3.63) is 0 Å². The van der Waals surface area contributed by atoms with E-state index in [1.165, 1.54) is 16.4 Å². The highest BCUT2D eigenvalue weighted by Crippen LogP contribution is 2.24. The van der Waals surface area contributed by atoms with E-state index in [1.807, 2.05) is 0 Å². The smallest absolute Gasteiger partial charge is 0.230 e. The first-order valence-electron chi connectivity index (χ1n) is 5.85. The molecule has 1 aromatic heterocycles. The molecule has 0 aromatic carbocycles. The van der Waals surface area contributed by atoms with Crippen LogP contribution in [-0.4, -0.2) is 37.8 Å². The van der Waals surface area contributed by atoms with Gasteiger partial charge in [-0.1, -0.05) is 37.4 Å². The molecule has 6 nitrogen and oxygen atoms in total. The molecule has 0 saturated heterocycles. The molecule has 0 spiro atoms. The summed E-state index contributed by atoms with van der Waals surface area (Å²) in [7, 11) is 0. The average molecular weight is 287 g/mol. The number of thioether (sulfide) groups is 2. The lowest BCUT2D eigenvalue weighted by Gasteiger charge is -2.05. The molecule has 1 aromatic rings. The summed E-state index contributed by atoms with van der Waals surface area (Å²) in [6, 6.07) is 0.390. The van der Waals surface area contributed by atoms with Crippen molar-refractivity contribution in [2.24, 2.45) is 0 Å². The summed E-state index contributed by atoms with van der Waals surface area (Å²) < 4.78 is 1.44. The van der Waals surface area contributed by atoms with Gasteiger partial charge in [0, 0.05) is 11.3 Å². The number of nitrogens with two attached hydrogens (primary N) is 1. The Balaban J connectivity index is 1.84. The molecule has 0 aliphatic heterocycles. The predicted molar refractivity (Wildman–Crippen MR) is 73.1 cm³/mol. The van der Waals surface area contributed by atoms with E-state index in [0.29, 0.717) is 27.4 Å². The van der Waals surface area contributed by atoms with Gasteiger partial charge in [0.25, 0.3) is 0 Å². The maximum atomic E-state index is 11.5. The fraction of sp³-hybridized carbons (Fsp3) is 0.700. The summed E-state index contributed by atoms with van der Waals surface area (Å²) in [6.07, 6.45) is 2.19. The van der Waals surface area contributed by atoms with Gasteiger partial charge in [-0.25, -0.2) is 4.68 Å². The van der Waals surface area contributed by atoms with E-state index in [9.17, 15) is 4.79 Å². The van der Waals surface area contributed by atoms with Crippen LogP contribution in [0.2, 0.25) is 0 Å². The third-order valence-electron chi connectivity index (χ3n) is 2.25. The molecule has 1 fully saturated rings. The Hall–Kier alpha value is -0.890. The van der Waals surface area contributed by atoms with Crippen LogP contribution in [0.5, 0.6) is 0 Å². The Bertz CT molecular complexity index is 430. The van der Waals surface area contributed by atoms with E-state index in [4.69, 9.17) is 5.84 Å². The summed E-state index contributed by atoms with van der Waals surface area (Å²) in [4.78, 5) is 11.5. The van der Waals surface area contributed by atoms with E-state index in [-0.39, 0.29) is 5.91 Å². The van der Waals surface area contributed by atoms with Crippen LogP contribution in [0.3, 0.4) is 0 Å². The second kappa shape index (κ2) is 5.83. The van der Waals surface area contributed by atoms with Crippen molar-refractivity contribution in [2.75, 3.05) is 11.6 Å². The highest BCUT2D eigenvalue weighted by molar-refractivity contribution is 8.00. The van der Waals surface area contributed by atoms with Gasteiger partial charge in [0.2, 0.25) is 16.2 Å². The summed E-state index contributed by atoms with van der Waals surface area (Å²) in [6.45, 7) is 4.13. The number of nitrogens with zero attached hydrogens (tertiary/aromatic N) is 3. The molecule has 100 valence electrons. The van der Waals surface area contributed by atoms with Crippen LogP contribution in [0.4, 0.5) is 0 Å². The van der Waals surface area contributed by atoms with Crippen LogP contribution < -0.4 is 11.2 Å². The van der Waals surface area contributed by atoms with Crippen LogP contribution >= 0.6 is 23.5 Å². The van der Waals surface area contributed by atoms with Gasteiger partial charge >= 0.3 is 0 Å². The number of nitrogens with one attached hydrogen (secondary N) is 1. The zero-order valence-corrected chi connectivity index (χ0v) is 12.1. The van der Waals surface area contributed by atoms with E-state index in [2.05, 4.69) is 29.4 Å². The Labute approximate surface area is 114 Å². The molecule has 2 rings (SSSR count). The molecule has 0 bridgehead atoms.